The van der Waals surface area contributed by atoms with Crippen molar-refractivity contribution >= 4 is 33.3 Å². The standard InChI is InChI=1S/C16H21BrClN3/c1-14-3-10-4-15(2,7-14)9-16(5-10,8-14)21-12-11(17)6-19-13(18)20-12/h6,10H,3-5,7-9H2,1-2H3,(H,19,20,21). The van der Waals surface area contributed by atoms with Gasteiger partial charge in [-0.3, -0.25) is 0 Å². The van der Waals surface area contributed by atoms with E-state index in [1.165, 1.54) is 38.5 Å². The van der Waals surface area contributed by atoms with Gasteiger partial charge in [0.1, 0.15) is 5.82 Å². The van der Waals surface area contributed by atoms with Gasteiger partial charge in [0.25, 0.3) is 0 Å². The molecule has 0 spiro atoms. The van der Waals surface area contributed by atoms with Crippen LogP contribution in [0, 0.1) is 16.7 Å². The molecular formula is C16H21BrClN3. The van der Waals surface area contributed by atoms with Gasteiger partial charge in [0.05, 0.1) is 4.47 Å². The minimum absolute atomic E-state index is 0.184. The number of hydrogen-bond acceptors (Lipinski definition) is 3. The summed E-state index contributed by atoms with van der Waals surface area (Å²) in [5.41, 5.74) is 1.16. The number of nitrogens with one attached hydrogen (secondary N) is 1. The molecule has 4 saturated carbocycles. The Balaban J connectivity index is 1.70. The van der Waals surface area contributed by atoms with Crippen molar-refractivity contribution in [3.05, 3.63) is 16.0 Å². The van der Waals surface area contributed by atoms with E-state index in [9.17, 15) is 0 Å². The molecule has 1 heterocycles. The number of nitrogens with zero attached hydrogens (tertiary/aromatic N) is 2. The number of aromatic nitrogens is 2. The van der Waals surface area contributed by atoms with Gasteiger partial charge in [-0.2, -0.15) is 4.98 Å². The minimum Gasteiger partial charge on any atom is -0.364 e. The van der Waals surface area contributed by atoms with Crippen LogP contribution in [-0.2, 0) is 0 Å². The summed E-state index contributed by atoms with van der Waals surface area (Å²) in [5, 5.41) is 4.07. The Kier molecular flexibility index (Phi) is 2.95. The van der Waals surface area contributed by atoms with Crippen molar-refractivity contribution in [2.24, 2.45) is 16.7 Å². The fraction of sp³-hybridized carbons (Fsp3) is 0.750. The van der Waals surface area contributed by atoms with Gasteiger partial charge in [-0.25, -0.2) is 4.98 Å². The molecule has 0 aromatic carbocycles. The Hall–Kier alpha value is -0.350. The monoisotopic (exact) mass is 369 g/mol. The summed E-state index contributed by atoms with van der Waals surface area (Å²) in [6.45, 7) is 4.96. The molecule has 4 fully saturated rings. The van der Waals surface area contributed by atoms with Gasteiger partial charge in [-0.15, -0.1) is 0 Å². The van der Waals surface area contributed by atoms with Crippen molar-refractivity contribution in [1.29, 1.82) is 0 Å². The molecule has 4 aliphatic rings. The van der Waals surface area contributed by atoms with Crippen molar-refractivity contribution in [2.45, 2.75) is 57.9 Å². The lowest BCUT2D eigenvalue weighted by Gasteiger charge is -2.65. The van der Waals surface area contributed by atoms with Crippen molar-refractivity contribution in [1.82, 2.24) is 9.97 Å². The highest BCUT2D eigenvalue weighted by Gasteiger charge is 2.60. The second-order valence-electron chi connectivity index (χ2n) is 8.37. The maximum absolute atomic E-state index is 5.97. The Morgan fingerprint density at radius 2 is 1.86 bits per heavy atom. The highest BCUT2D eigenvalue weighted by atomic mass is 79.9. The van der Waals surface area contributed by atoms with Crippen LogP contribution in [0.25, 0.3) is 0 Å². The molecule has 3 nitrogen and oxygen atoms in total. The van der Waals surface area contributed by atoms with Gasteiger partial charge < -0.3 is 5.32 Å². The molecule has 5 rings (SSSR count). The highest BCUT2D eigenvalue weighted by molar-refractivity contribution is 9.10. The van der Waals surface area contributed by atoms with Crippen LogP contribution in [0.1, 0.15) is 52.4 Å². The SMILES string of the molecule is CC12CC3CC(C)(C1)CC(Nc1nc(Cl)ncc1Br)(C3)C2. The summed E-state index contributed by atoms with van der Waals surface area (Å²) in [6.07, 6.45) is 9.69. The van der Waals surface area contributed by atoms with Crippen molar-refractivity contribution < 1.29 is 0 Å². The maximum Gasteiger partial charge on any atom is 0.224 e. The molecule has 2 unspecified atom stereocenters. The van der Waals surface area contributed by atoms with Gasteiger partial charge in [0.15, 0.2) is 0 Å². The van der Waals surface area contributed by atoms with Crippen LogP contribution in [-0.4, -0.2) is 15.5 Å². The smallest absolute Gasteiger partial charge is 0.224 e. The second kappa shape index (κ2) is 4.35. The molecule has 114 valence electrons. The summed E-state index contributed by atoms with van der Waals surface area (Å²) in [7, 11) is 0. The van der Waals surface area contributed by atoms with Crippen molar-refractivity contribution in [2.75, 3.05) is 5.32 Å². The molecule has 2 atom stereocenters. The fourth-order valence-corrected chi connectivity index (χ4v) is 6.69. The first kappa shape index (κ1) is 14.3. The van der Waals surface area contributed by atoms with Crippen LogP contribution >= 0.6 is 27.5 Å². The first-order chi connectivity index (χ1) is 9.79. The molecule has 0 amide bonds. The predicted octanol–water partition coefficient (Wildman–Crippen LogP) is 5.05. The third kappa shape index (κ3) is 2.39. The van der Waals surface area contributed by atoms with E-state index in [1.807, 2.05) is 0 Å². The van der Waals surface area contributed by atoms with E-state index >= 15 is 0 Å². The Bertz CT molecular complexity index is 587. The summed E-state index contributed by atoms with van der Waals surface area (Å²) in [5.74, 6) is 1.71. The van der Waals surface area contributed by atoms with Crippen molar-refractivity contribution in [3.63, 3.8) is 0 Å². The lowest BCUT2D eigenvalue weighted by molar-refractivity contribution is -0.0974. The second-order valence-corrected chi connectivity index (χ2v) is 9.56. The molecular weight excluding hydrogens is 350 g/mol. The van der Waals surface area contributed by atoms with Crippen LogP contribution < -0.4 is 5.32 Å². The lowest BCUT2D eigenvalue weighted by Crippen LogP contribution is -2.61. The Labute approximate surface area is 139 Å². The van der Waals surface area contributed by atoms with E-state index in [2.05, 4.69) is 45.1 Å². The topological polar surface area (TPSA) is 37.8 Å². The quantitative estimate of drug-likeness (QED) is 0.740. The van der Waals surface area contributed by atoms with Crippen LogP contribution in [0.3, 0.4) is 0 Å². The number of halogens is 2. The van der Waals surface area contributed by atoms with Gasteiger partial charge in [0, 0.05) is 11.7 Å². The molecule has 4 bridgehead atoms. The Morgan fingerprint density at radius 1 is 1.19 bits per heavy atom. The third-order valence-electron chi connectivity index (χ3n) is 5.72. The first-order valence-electron chi connectivity index (χ1n) is 7.75. The molecule has 5 heteroatoms. The van der Waals surface area contributed by atoms with E-state index < -0.39 is 0 Å². The van der Waals surface area contributed by atoms with E-state index in [1.54, 1.807) is 6.20 Å². The van der Waals surface area contributed by atoms with E-state index in [0.29, 0.717) is 16.1 Å². The Morgan fingerprint density at radius 3 is 2.48 bits per heavy atom. The average Bonchev–Trinajstić information content (AvgIpc) is 2.28. The minimum atomic E-state index is 0.184. The maximum atomic E-state index is 5.97. The molecule has 4 aliphatic carbocycles. The number of hydrogen-bond donors (Lipinski definition) is 1. The van der Waals surface area contributed by atoms with Gasteiger partial charge >= 0.3 is 0 Å². The van der Waals surface area contributed by atoms with E-state index in [4.69, 9.17) is 11.6 Å². The van der Waals surface area contributed by atoms with Crippen molar-refractivity contribution in [3.8, 4) is 0 Å². The molecule has 0 aliphatic heterocycles. The molecule has 1 N–H and O–H groups in total. The lowest BCUT2D eigenvalue weighted by atomic mass is 9.43. The molecule has 0 radical (unpaired) electrons. The van der Waals surface area contributed by atoms with Crippen LogP contribution in [0.5, 0.6) is 0 Å². The van der Waals surface area contributed by atoms with Gasteiger partial charge in [-0.05, 0) is 82.8 Å². The third-order valence-corrected chi connectivity index (χ3v) is 6.49. The average molecular weight is 371 g/mol. The van der Waals surface area contributed by atoms with Gasteiger partial charge in [0.2, 0.25) is 5.28 Å². The van der Waals surface area contributed by atoms with Gasteiger partial charge in [-0.1, -0.05) is 13.8 Å². The van der Waals surface area contributed by atoms with E-state index in [-0.39, 0.29) is 5.54 Å². The first-order valence-corrected chi connectivity index (χ1v) is 8.92. The number of rotatable bonds is 2. The molecule has 0 saturated heterocycles. The molecule has 1 aromatic rings. The number of anilines is 1. The highest BCUT2D eigenvalue weighted by Crippen LogP contribution is 2.66. The van der Waals surface area contributed by atoms with Crippen LogP contribution in [0.2, 0.25) is 5.28 Å². The summed E-state index contributed by atoms with van der Waals surface area (Å²) in [4.78, 5) is 8.42. The summed E-state index contributed by atoms with van der Waals surface area (Å²) in [6, 6.07) is 0. The normalized spacial score (nSPS) is 44.1. The van der Waals surface area contributed by atoms with E-state index in [0.717, 1.165) is 16.2 Å². The van der Waals surface area contributed by atoms with Crippen LogP contribution in [0.15, 0.2) is 10.7 Å². The largest absolute Gasteiger partial charge is 0.364 e. The molecule has 1 aromatic heterocycles. The zero-order valence-electron chi connectivity index (χ0n) is 12.5. The summed E-state index contributed by atoms with van der Waals surface area (Å²) < 4.78 is 0.901. The zero-order chi connectivity index (χ0) is 14.9. The summed E-state index contributed by atoms with van der Waals surface area (Å²) >= 11 is 9.53. The fourth-order valence-electron chi connectivity index (χ4n) is 6.27. The zero-order valence-corrected chi connectivity index (χ0v) is 14.9. The molecule has 21 heavy (non-hydrogen) atoms. The van der Waals surface area contributed by atoms with Crippen LogP contribution in [0.4, 0.5) is 5.82 Å². The predicted molar refractivity (Wildman–Crippen MR) is 88.5 cm³/mol.